The molecule has 0 bridgehead atoms. The largest absolute Gasteiger partial charge is 0.376 e. The van der Waals surface area contributed by atoms with Crippen LogP contribution in [0.25, 0.3) is 10.9 Å². The predicted octanol–water partition coefficient (Wildman–Crippen LogP) is 1.07. The van der Waals surface area contributed by atoms with Gasteiger partial charge in [0.2, 0.25) is 5.91 Å². The van der Waals surface area contributed by atoms with Gasteiger partial charge in [-0.15, -0.1) is 0 Å². The Morgan fingerprint density at radius 1 is 1.36 bits per heavy atom. The van der Waals surface area contributed by atoms with Crippen LogP contribution in [0, 0.1) is 11.2 Å². The van der Waals surface area contributed by atoms with E-state index in [0.717, 1.165) is 0 Å². The van der Waals surface area contributed by atoms with Gasteiger partial charge in [-0.25, -0.2) is 8.60 Å². The molecular formula is C21H29FN4O6S. The van der Waals surface area contributed by atoms with Crippen molar-refractivity contribution in [3.63, 3.8) is 0 Å². The van der Waals surface area contributed by atoms with E-state index >= 15 is 0 Å². The number of nitrogens with zero attached hydrogens (tertiary/aromatic N) is 2. The number of nitrogens with one attached hydrogen (secondary N) is 2. The normalized spacial score (nSPS) is 18.6. The van der Waals surface area contributed by atoms with Crippen molar-refractivity contribution in [2.24, 2.45) is 5.41 Å². The average Bonchev–Trinajstić information content (AvgIpc) is 3.11. The Morgan fingerprint density at radius 2 is 2.12 bits per heavy atom. The minimum Gasteiger partial charge on any atom is -0.376 e. The van der Waals surface area contributed by atoms with E-state index in [1.807, 2.05) is 0 Å². The Bertz CT molecular complexity index is 1030. The molecule has 1 fully saturated rings. The van der Waals surface area contributed by atoms with Crippen LogP contribution in [-0.2, 0) is 31.9 Å². The molecule has 2 heterocycles. The number of rotatable bonds is 8. The smallest absolute Gasteiger partial charge is 0.273 e. The van der Waals surface area contributed by atoms with Gasteiger partial charge in [0.15, 0.2) is 16.8 Å². The fraction of sp³-hybridized carbons (Fsp3) is 0.571. The van der Waals surface area contributed by atoms with Crippen LogP contribution in [0.2, 0.25) is 0 Å². The highest BCUT2D eigenvalue weighted by Crippen LogP contribution is 2.24. The molecule has 10 nitrogen and oxygen atoms in total. The van der Waals surface area contributed by atoms with Gasteiger partial charge < -0.3 is 24.7 Å². The number of halogens is 1. The van der Waals surface area contributed by atoms with Gasteiger partial charge in [-0.2, -0.15) is 5.10 Å². The Kier molecular flexibility index (Phi) is 8.16. The summed E-state index contributed by atoms with van der Waals surface area (Å²) in [5, 5.41) is 9.92. The van der Waals surface area contributed by atoms with E-state index in [9.17, 15) is 18.2 Å². The maximum Gasteiger partial charge on any atom is 0.273 e. The Balaban J connectivity index is 1.86. The molecule has 1 aliphatic rings. The first kappa shape index (κ1) is 25.2. The molecule has 0 saturated carbocycles. The quantitative estimate of drug-likeness (QED) is 0.478. The summed E-state index contributed by atoms with van der Waals surface area (Å²) in [6.45, 7) is 6.76. The van der Waals surface area contributed by atoms with Crippen LogP contribution in [0.15, 0.2) is 18.2 Å². The molecule has 0 aliphatic carbocycles. The second-order valence-electron chi connectivity index (χ2n) is 8.82. The van der Waals surface area contributed by atoms with Crippen LogP contribution in [0.1, 0.15) is 31.3 Å². The fourth-order valence-electron chi connectivity index (χ4n) is 3.57. The molecule has 3 atom stereocenters. The van der Waals surface area contributed by atoms with Crippen molar-refractivity contribution in [2.45, 2.75) is 39.5 Å². The molecule has 33 heavy (non-hydrogen) atoms. The number of hydrogen-bond donors (Lipinski definition) is 3. The third kappa shape index (κ3) is 6.34. The van der Waals surface area contributed by atoms with Crippen molar-refractivity contribution in [1.82, 2.24) is 20.4 Å². The first-order valence-corrected chi connectivity index (χ1v) is 11.9. The van der Waals surface area contributed by atoms with E-state index in [1.165, 1.54) is 16.8 Å². The third-order valence-corrected chi connectivity index (χ3v) is 5.73. The molecule has 2 unspecified atom stereocenters. The number of para-hydroxylation sites is 1. The Hall–Kier alpha value is -2.41. The average molecular weight is 485 g/mol. The summed E-state index contributed by atoms with van der Waals surface area (Å²) in [6, 6.07) is 3.42. The van der Waals surface area contributed by atoms with Crippen LogP contribution in [-0.4, -0.2) is 74.6 Å². The minimum absolute atomic E-state index is 0.0141. The molecule has 1 saturated heterocycles. The molecule has 1 aromatic carbocycles. The number of benzene rings is 1. The van der Waals surface area contributed by atoms with E-state index < -0.39 is 40.2 Å². The van der Waals surface area contributed by atoms with Crippen LogP contribution in [0.5, 0.6) is 0 Å². The number of carbonyl (C=O) groups is 2. The fourth-order valence-corrected chi connectivity index (χ4v) is 3.84. The monoisotopic (exact) mass is 484 g/mol. The van der Waals surface area contributed by atoms with E-state index in [1.54, 1.807) is 26.8 Å². The first-order valence-electron chi connectivity index (χ1n) is 10.6. The van der Waals surface area contributed by atoms with Crippen LogP contribution in [0.4, 0.5) is 4.39 Å². The van der Waals surface area contributed by atoms with E-state index in [4.69, 9.17) is 14.0 Å². The number of hydrogen-bond acceptors (Lipinski definition) is 6. The van der Waals surface area contributed by atoms with Gasteiger partial charge in [0.25, 0.3) is 5.91 Å². The zero-order valence-electron chi connectivity index (χ0n) is 18.8. The summed E-state index contributed by atoms with van der Waals surface area (Å²) < 4.78 is 46.8. The van der Waals surface area contributed by atoms with Crippen LogP contribution >= 0.6 is 0 Å². The molecule has 0 spiro atoms. The first-order chi connectivity index (χ1) is 15.6. The van der Waals surface area contributed by atoms with Crippen LogP contribution < -0.4 is 10.6 Å². The van der Waals surface area contributed by atoms with Gasteiger partial charge in [-0.05, 0) is 11.5 Å². The van der Waals surface area contributed by atoms with Crippen molar-refractivity contribution in [3.05, 3.63) is 29.7 Å². The molecule has 1 aromatic heterocycles. The Morgan fingerprint density at radius 3 is 2.76 bits per heavy atom. The van der Waals surface area contributed by atoms with Gasteiger partial charge in [-0.1, -0.05) is 32.9 Å². The van der Waals surface area contributed by atoms with Crippen molar-refractivity contribution in [3.8, 4) is 0 Å². The summed E-state index contributed by atoms with van der Waals surface area (Å²) in [5.41, 5.74) is -0.520. The van der Waals surface area contributed by atoms with Crippen molar-refractivity contribution >= 4 is 33.8 Å². The molecule has 1 aliphatic heterocycles. The van der Waals surface area contributed by atoms with E-state index in [-0.39, 0.29) is 36.2 Å². The highest BCUT2D eigenvalue weighted by atomic mass is 32.2. The number of aromatic nitrogens is 2. The second-order valence-corrected chi connectivity index (χ2v) is 9.87. The zero-order valence-corrected chi connectivity index (χ0v) is 19.6. The summed E-state index contributed by atoms with van der Waals surface area (Å²) >= 11 is -2.05. The predicted molar refractivity (Wildman–Crippen MR) is 120 cm³/mol. The van der Waals surface area contributed by atoms with Gasteiger partial charge in [0, 0.05) is 11.9 Å². The lowest BCUT2D eigenvalue weighted by molar-refractivity contribution is -0.125. The SMILES string of the molecule is CC(C)(C)C(NC(=O)c1nn(C[C@H]2COCCO2)c2c(F)cccc12)C(=O)NCCS(=O)O. The maximum absolute atomic E-state index is 14.7. The maximum atomic E-state index is 14.7. The third-order valence-electron chi connectivity index (χ3n) is 5.18. The lowest BCUT2D eigenvalue weighted by Gasteiger charge is -2.30. The number of ether oxygens (including phenoxy) is 2. The lowest BCUT2D eigenvalue weighted by atomic mass is 9.86. The van der Waals surface area contributed by atoms with Gasteiger partial charge in [-0.3, -0.25) is 14.3 Å². The number of fused-ring (bicyclic) bond motifs is 1. The molecule has 3 rings (SSSR count). The lowest BCUT2D eigenvalue weighted by Crippen LogP contribution is -2.54. The van der Waals surface area contributed by atoms with Crippen LogP contribution in [0.3, 0.4) is 0 Å². The summed E-state index contributed by atoms with van der Waals surface area (Å²) in [6.07, 6.45) is -0.331. The molecule has 2 aromatic rings. The molecule has 3 N–H and O–H groups in total. The van der Waals surface area contributed by atoms with Crippen molar-refractivity contribution < 1.29 is 32.2 Å². The molecule has 2 amide bonds. The summed E-state index contributed by atoms with van der Waals surface area (Å²) in [7, 11) is 0. The molecule has 12 heteroatoms. The summed E-state index contributed by atoms with van der Waals surface area (Å²) in [4.78, 5) is 25.9. The van der Waals surface area contributed by atoms with Gasteiger partial charge >= 0.3 is 0 Å². The van der Waals surface area contributed by atoms with E-state index in [2.05, 4.69) is 15.7 Å². The molecular weight excluding hydrogens is 455 g/mol. The summed E-state index contributed by atoms with van der Waals surface area (Å²) in [5.74, 6) is -1.79. The number of amides is 2. The van der Waals surface area contributed by atoms with Gasteiger partial charge in [0.1, 0.15) is 23.5 Å². The topological polar surface area (TPSA) is 132 Å². The van der Waals surface area contributed by atoms with Gasteiger partial charge in [0.05, 0.1) is 32.1 Å². The highest BCUT2D eigenvalue weighted by molar-refractivity contribution is 7.79. The van der Waals surface area contributed by atoms with Crippen molar-refractivity contribution in [1.29, 1.82) is 0 Å². The number of carbonyl (C=O) groups excluding carboxylic acids is 2. The molecule has 182 valence electrons. The van der Waals surface area contributed by atoms with E-state index in [0.29, 0.717) is 25.2 Å². The molecule has 0 radical (unpaired) electrons. The second kappa shape index (κ2) is 10.7. The zero-order chi connectivity index (χ0) is 24.2. The highest BCUT2D eigenvalue weighted by Gasteiger charge is 2.34. The Labute approximate surface area is 193 Å². The standard InChI is InChI=1S/C21H29FN4O6S/c1-21(2,3)18(20(28)23-7-10-33(29)30)24-19(27)16-14-5-4-6-15(22)17(14)26(25-16)11-13-12-31-8-9-32-13/h4-6,13,18H,7-12H2,1-3H3,(H,23,28)(H,24,27)(H,29,30)/t13-,18?/m0/s1. The van der Waals surface area contributed by atoms with Crippen molar-refractivity contribution in [2.75, 3.05) is 32.1 Å². The minimum atomic E-state index is -2.05.